The van der Waals surface area contributed by atoms with Gasteiger partial charge in [-0.2, -0.15) is 0 Å². The second kappa shape index (κ2) is 7.17. The average Bonchev–Trinajstić information content (AvgIpc) is 2.90. The van der Waals surface area contributed by atoms with E-state index in [1.165, 1.54) is 16.0 Å². The van der Waals surface area contributed by atoms with Gasteiger partial charge in [-0.25, -0.2) is 0 Å². The van der Waals surface area contributed by atoms with Crippen LogP contribution in [0.25, 0.3) is 0 Å². The molecule has 0 saturated carbocycles. The molecule has 1 aromatic carbocycles. The third-order valence-electron chi connectivity index (χ3n) is 3.15. The molecule has 0 aliphatic carbocycles. The van der Waals surface area contributed by atoms with Crippen LogP contribution in [-0.4, -0.2) is 11.5 Å². The van der Waals surface area contributed by atoms with Crippen molar-refractivity contribution >= 4 is 27.3 Å². The van der Waals surface area contributed by atoms with Gasteiger partial charge >= 0.3 is 0 Å². The molecule has 2 aromatic rings. The van der Waals surface area contributed by atoms with Gasteiger partial charge in [0.25, 0.3) is 0 Å². The smallest absolute Gasteiger partial charge is 0.0794 e. The van der Waals surface area contributed by atoms with Crippen molar-refractivity contribution in [1.29, 1.82) is 0 Å². The Morgan fingerprint density at radius 2 is 2.26 bits per heavy atom. The highest BCUT2D eigenvalue weighted by Crippen LogP contribution is 2.26. The number of nitrogens with zero attached hydrogens (tertiary/aromatic N) is 1. The molecular weight excluding hydrogens is 320 g/mol. The van der Waals surface area contributed by atoms with Crippen molar-refractivity contribution in [2.45, 2.75) is 32.7 Å². The number of hydrogen-bond donors (Lipinski definition) is 1. The molecule has 0 spiro atoms. The summed E-state index contributed by atoms with van der Waals surface area (Å²) in [6.45, 7) is 5.41. The summed E-state index contributed by atoms with van der Waals surface area (Å²) in [6, 6.07) is 6.86. The van der Waals surface area contributed by atoms with Gasteiger partial charge in [-0.05, 0) is 43.1 Å². The standard InChI is InChI=1S/C15H19BrN2S/c1-3-6-18-15(8-13-9-17-10-19-13)14-7-12(16)5-4-11(14)2/h4-5,7,9-10,15,18H,3,6,8H2,1-2H3. The van der Waals surface area contributed by atoms with E-state index >= 15 is 0 Å². The lowest BCUT2D eigenvalue weighted by Gasteiger charge is -2.20. The molecule has 0 aliphatic heterocycles. The fourth-order valence-corrected chi connectivity index (χ4v) is 3.16. The van der Waals surface area contributed by atoms with Crippen LogP contribution in [-0.2, 0) is 6.42 Å². The Balaban J connectivity index is 2.23. The quantitative estimate of drug-likeness (QED) is 0.838. The van der Waals surface area contributed by atoms with Crippen LogP contribution in [0.4, 0.5) is 0 Å². The van der Waals surface area contributed by atoms with Crippen molar-refractivity contribution in [2.24, 2.45) is 0 Å². The summed E-state index contributed by atoms with van der Waals surface area (Å²) < 4.78 is 1.14. The first kappa shape index (κ1) is 14.7. The highest BCUT2D eigenvalue weighted by molar-refractivity contribution is 9.10. The van der Waals surface area contributed by atoms with Crippen LogP contribution in [0.5, 0.6) is 0 Å². The number of hydrogen-bond acceptors (Lipinski definition) is 3. The van der Waals surface area contributed by atoms with E-state index in [9.17, 15) is 0 Å². The maximum Gasteiger partial charge on any atom is 0.0794 e. The van der Waals surface area contributed by atoms with Crippen LogP contribution in [0.2, 0.25) is 0 Å². The van der Waals surface area contributed by atoms with E-state index < -0.39 is 0 Å². The maximum absolute atomic E-state index is 4.17. The molecule has 0 amide bonds. The summed E-state index contributed by atoms with van der Waals surface area (Å²) in [5, 5.41) is 3.65. The Labute approximate surface area is 127 Å². The summed E-state index contributed by atoms with van der Waals surface area (Å²) in [7, 11) is 0. The largest absolute Gasteiger partial charge is 0.310 e. The number of aromatic nitrogens is 1. The third kappa shape index (κ3) is 4.13. The predicted octanol–water partition coefficient (Wildman–Crippen LogP) is 4.50. The summed E-state index contributed by atoms with van der Waals surface area (Å²) in [4.78, 5) is 5.50. The fraction of sp³-hybridized carbons (Fsp3) is 0.400. The van der Waals surface area contributed by atoms with Gasteiger partial charge in [0.2, 0.25) is 0 Å². The lowest BCUT2D eigenvalue weighted by atomic mass is 9.98. The normalized spacial score (nSPS) is 12.6. The minimum atomic E-state index is 0.359. The minimum Gasteiger partial charge on any atom is -0.310 e. The number of aryl methyl sites for hydroxylation is 1. The monoisotopic (exact) mass is 338 g/mol. The van der Waals surface area contributed by atoms with E-state index in [0.717, 1.165) is 23.9 Å². The van der Waals surface area contributed by atoms with Gasteiger partial charge in [0.15, 0.2) is 0 Å². The topological polar surface area (TPSA) is 24.9 Å². The SMILES string of the molecule is CCCNC(Cc1cncs1)c1cc(Br)ccc1C. The molecule has 0 saturated heterocycles. The Morgan fingerprint density at radius 1 is 1.42 bits per heavy atom. The zero-order valence-electron chi connectivity index (χ0n) is 11.3. The average molecular weight is 339 g/mol. The lowest BCUT2D eigenvalue weighted by molar-refractivity contribution is 0.529. The summed E-state index contributed by atoms with van der Waals surface area (Å²) in [6.07, 6.45) is 4.12. The zero-order valence-corrected chi connectivity index (χ0v) is 13.7. The Bertz CT molecular complexity index is 511. The van der Waals surface area contributed by atoms with Gasteiger partial charge in [-0.1, -0.05) is 28.9 Å². The van der Waals surface area contributed by atoms with E-state index in [-0.39, 0.29) is 0 Å². The first-order chi connectivity index (χ1) is 9.20. The van der Waals surface area contributed by atoms with Gasteiger partial charge < -0.3 is 5.32 Å². The highest BCUT2D eigenvalue weighted by Gasteiger charge is 2.15. The molecule has 102 valence electrons. The molecular formula is C15H19BrN2S. The molecule has 2 rings (SSSR count). The molecule has 0 bridgehead atoms. The van der Waals surface area contributed by atoms with E-state index in [1.807, 2.05) is 11.7 Å². The number of halogens is 1. The Hall–Kier alpha value is -0.710. The first-order valence-corrected chi connectivity index (χ1v) is 8.24. The van der Waals surface area contributed by atoms with Crippen molar-refractivity contribution in [3.63, 3.8) is 0 Å². The molecule has 1 heterocycles. The summed E-state index contributed by atoms with van der Waals surface area (Å²) in [5.74, 6) is 0. The van der Waals surface area contributed by atoms with Gasteiger partial charge in [-0.15, -0.1) is 11.3 Å². The van der Waals surface area contributed by atoms with Crippen LogP contribution in [0.15, 0.2) is 34.4 Å². The molecule has 19 heavy (non-hydrogen) atoms. The number of benzene rings is 1. The van der Waals surface area contributed by atoms with Gasteiger partial charge in [0.05, 0.1) is 5.51 Å². The van der Waals surface area contributed by atoms with Gasteiger partial charge in [0.1, 0.15) is 0 Å². The van der Waals surface area contributed by atoms with E-state index in [1.54, 1.807) is 11.3 Å². The molecule has 1 unspecified atom stereocenters. The number of nitrogens with one attached hydrogen (secondary N) is 1. The van der Waals surface area contributed by atoms with Crippen molar-refractivity contribution < 1.29 is 0 Å². The van der Waals surface area contributed by atoms with E-state index in [2.05, 4.69) is 58.3 Å². The molecule has 4 heteroatoms. The molecule has 1 atom stereocenters. The minimum absolute atomic E-state index is 0.359. The molecule has 0 radical (unpaired) electrons. The Morgan fingerprint density at radius 3 is 2.95 bits per heavy atom. The molecule has 1 aromatic heterocycles. The van der Waals surface area contributed by atoms with Crippen LogP contribution >= 0.6 is 27.3 Å². The van der Waals surface area contributed by atoms with E-state index in [0.29, 0.717) is 6.04 Å². The zero-order chi connectivity index (χ0) is 13.7. The van der Waals surface area contributed by atoms with Gasteiger partial charge in [-0.3, -0.25) is 4.98 Å². The third-order valence-corrected chi connectivity index (χ3v) is 4.44. The van der Waals surface area contributed by atoms with Crippen molar-refractivity contribution in [3.05, 3.63) is 50.4 Å². The molecule has 2 nitrogen and oxygen atoms in total. The van der Waals surface area contributed by atoms with Crippen LogP contribution in [0.1, 0.15) is 35.4 Å². The molecule has 0 aliphatic rings. The second-order valence-corrected chi connectivity index (χ2v) is 6.57. The predicted molar refractivity (Wildman–Crippen MR) is 85.7 cm³/mol. The molecule has 1 N–H and O–H groups in total. The van der Waals surface area contributed by atoms with Crippen LogP contribution < -0.4 is 5.32 Å². The Kier molecular flexibility index (Phi) is 5.55. The van der Waals surface area contributed by atoms with Crippen molar-refractivity contribution in [3.8, 4) is 0 Å². The molecule has 0 fully saturated rings. The van der Waals surface area contributed by atoms with Crippen molar-refractivity contribution in [1.82, 2.24) is 10.3 Å². The number of thiazole rings is 1. The number of rotatable bonds is 6. The van der Waals surface area contributed by atoms with Crippen LogP contribution in [0, 0.1) is 6.92 Å². The summed E-state index contributed by atoms with van der Waals surface area (Å²) >= 11 is 5.30. The highest BCUT2D eigenvalue weighted by atomic mass is 79.9. The second-order valence-electron chi connectivity index (χ2n) is 4.68. The van der Waals surface area contributed by atoms with Crippen LogP contribution in [0.3, 0.4) is 0 Å². The fourth-order valence-electron chi connectivity index (χ4n) is 2.14. The van der Waals surface area contributed by atoms with E-state index in [4.69, 9.17) is 0 Å². The van der Waals surface area contributed by atoms with Crippen molar-refractivity contribution in [2.75, 3.05) is 6.54 Å². The maximum atomic E-state index is 4.17. The van der Waals surface area contributed by atoms with Gasteiger partial charge in [0, 0.05) is 28.0 Å². The lowest BCUT2D eigenvalue weighted by Crippen LogP contribution is -2.24. The first-order valence-electron chi connectivity index (χ1n) is 6.57. The summed E-state index contributed by atoms with van der Waals surface area (Å²) in [5.41, 5.74) is 4.61.